The summed E-state index contributed by atoms with van der Waals surface area (Å²) in [5, 5.41) is 3.43. The van der Waals surface area contributed by atoms with Crippen LogP contribution in [0.3, 0.4) is 0 Å². The van der Waals surface area contributed by atoms with Crippen molar-refractivity contribution in [2.24, 2.45) is 5.92 Å². The van der Waals surface area contributed by atoms with E-state index < -0.39 is 0 Å². The molecule has 0 heterocycles. The largest absolute Gasteiger partial charge is 0.312 e. The van der Waals surface area contributed by atoms with Crippen LogP contribution in [0.2, 0.25) is 0 Å². The van der Waals surface area contributed by atoms with Crippen molar-refractivity contribution in [3.05, 3.63) is 34.3 Å². The van der Waals surface area contributed by atoms with Gasteiger partial charge in [-0.1, -0.05) is 35.0 Å². The van der Waals surface area contributed by atoms with E-state index in [2.05, 4.69) is 46.4 Å². The van der Waals surface area contributed by atoms with Crippen molar-refractivity contribution in [1.82, 2.24) is 5.32 Å². The highest BCUT2D eigenvalue weighted by Gasteiger charge is 2.00. The molecule has 0 saturated heterocycles. The fourth-order valence-electron chi connectivity index (χ4n) is 1.40. The molecule has 0 aliphatic heterocycles. The molecular weight excluding hydrogens is 273 g/mol. The molecule has 0 amide bonds. The molecule has 1 unspecified atom stereocenters. The van der Waals surface area contributed by atoms with E-state index in [-0.39, 0.29) is 0 Å². The topological polar surface area (TPSA) is 12.0 Å². The molecule has 1 N–H and O–H groups in total. The summed E-state index contributed by atoms with van der Waals surface area (Å²) in [7, 11) is 0. The van der Waals surface area contributed by atoms with Crippen LogP contribution in [0.15, 0.2) is 28.7 Å². The smallest absolute Gasteiger partial charge is 0.0226 e. The van der Waals surface area contributed by atoms with E-state index in [0.29, 0.717) is 5.92 Å². The molecule has 0 spiro atoms. The first-order chi connectivity index (χ1) is 7.22. The third kappa shape index (κ3) is 5.55. The third-order valence-electron chi connectivity index (χ3n) is 2.31. The van der Waals surface area contributed by atoms with Crippen LogP contribution in [0, 0.1) is 5.92 Å². The molecule has 0 bridgehead atoms. The maximum absolute atomic E-state index is 5.68. The van der Waals surface area contributed by atoms with Crippen molar-refractivity contribution >= 4 is 27.5 Å². The van der Waals surface area contributed by atoms with Gasteiger partial charge in [-0.05, 0) is 36.6 Å². The zero-order valence-electron chi connectivity index (χ0n) is 8.97. The summed E-state index contributed by atoms with van der Waals surface area (Å²) < 4.78 is 1.13. The number of rotatable bonds is 6. The normalized spacial score (nSPS) is 12.7. The van der Waals surface area contributed by atoms with Crippen LogP contribution < -0.4 is 5.32 Å². The second kappa shape index (κ2) is 7.26. The van der Waals surface area contributed by atoms with E-state index >= 15 is 0 Å². The summed E-state index contributed by atoms with van der Waals surface area (Å²) in [5.41, 5.74) is 1.31. The van der Waals surface area contributed by atoms with E-state index in [0.717, 1.165) is 29.9 Å². The number of benzene rings is 1. The quantitative estimate of drug-likeness (QED) is 0.786. The molecule has 0 saturated carbocycles. The Morgan fingerprint density at radius 1 is 1.47 bits per heavy atom. The van der Waals surface area contributed by atoms with E-state index in [9.17, 15) is 0 Å². The number of hydrogen-bond acceptors (Lipinski definition) is 1. The van der Waals surface area contributed by atoms with Crippen molar-refractivity contribution in [2.75, 3.05) is 12.4 Å². The lowest BCUT2D eigenvalue weighted by molar-refractivity contribution is 0.502. The van der Waals surface area contributed by atoms with Crippen molar-refractivity contribution in [3.63, 3.8) is 0 Å². The van der Waals surface area contributed by atoms with Gasteiger partial charge in [0.2, 0.25) is 0 Å². The van der Waals surface area contributed by atoms with Gasteiger partial charge in [-0.2, -0.15) is 0 Å². The molecule has 15 heavy (non-hydrogen) atoms. The second-order valence-electron chi connectivity index (χ2n) is 3.84. The predicted octanol–water partition coefficient (Wildman–Crippen LogP) is 3.80. The highest BCUT2D eigenvalue weighted by atomic mass is 79.9. The molecule has 0 fully saturated rings. The molecule has 1 rings (SSSR count). The standard InChI is InChI=1S/C12H17BrClN/c1-10(5-6-14)8-15-9-11-3-2-4-12(13)7-11/h2-4,7,10,15H,5-6,8-9H2,1H3. The first-order valence-electron chi connectivity index (χ1n) is 5.23. The lowest BCUT2D eigenvalue weighted by Gasteiger charge is -2.10. The Balaban J connectivity index is 2.25. The Labute approximate surface area is 105 Å². The van der Waals surface area contributed by atoms with Crippen LogP contribution >= 0.6 is 27.5 Å². The van der Waals surface area contributed by atoms with E-state index in [1.807, 2.05) is 6.07 Å². The number of alkyl halides is 1. The fraction of sp³-hybridized carbons (Fsp3) is 0.500. The molecular formula is C12H17BrClN. The molecule has 0 aliphatic rings. The zero-order valence-corrected chi connectivity index (χ0v) is 11.3. The molecule has 0 radical (unpaired) electrons. The van der Waals surface area contributed by atoms with E-state index in [1.54, 1.807) is 0 Å². The minimum atomic E-state index is 0.648. The number of hydrogen-bond donors (Lipinski definition) is 1. The van der Waals surface area contributed by atoms with Crippen molar-refractivity contribution < 1.29 is 0 Å². The van der Waals surface area contributed by atoms with Gasteiger partial charge in [0, 0.05) is 16.9 Å². The predicted molar refractivity (Wildman–Crippen MR) is 70.3 cm³/mol. The van der Waals surface area contributed by atoms with Crippen LogP contribution in [0.1, 0.15) is 18.9 Å². The van der Waals surface area contributed by atoms with Gasteiger partial charge >= 0.3 is 0 Å². The SMILES string of the molecule is CC(CCCl)CNCc1cccc(Br)c1. The highest BCUT2D eigenvalue weighted by Crippen LogP contribution is 2.11. The summed E-state index contributed by atoms with van der Waals surface area (Å²) in [4.78, 5) is 0. The molecule has 1 nitrogen and oxygen atoms in total. The highest BCUT2D eigenvalue weighted by molar-refractivity contribution is 9.10. The Kier molecular flexibility index (Phi) is 6.30. The number of nitrogens with one attached hydrogen (secondary N) is 1. The molecule has 0 aromatic heterocycles. The third-order valence-corrected chi connectivity index (χ3v) is 3.02. The van der Waals surface area contributed by atoms with Crippen LogP contribution in [0.25, 0.3) is 0 Å². The summed E-state index contributed by atoms with van der Waals surface area (Å²) in [6.07, 6.45) is 1.08. The van der Waals surface area contributed by atoms with Crippen molar-refractivity contribution in [2.45, 2.75) is 19.9 Å². The van der Waals surface area contributed by atoms with Gasteiger partial charge in [-0.15, -0.1) is 11.6 Å². The van der Waals surface area contributed by atoms with Crippen LogP contribution in [-0.4, -0.2) is 12.4 Å². The molecule has 1 atom stereocenters. The van der Waals surface area contributed by atoms with E-state index in [4.69, 9.17) is 11.6 Å². The van der Waals surface area contributed by atoms with Gasteiger partial charge < -0.3 is 5.32 Å². The van der Waals surface area contributed by atoms with Crippen molar-refractivity contribution in [3.8, 4) is 0 Å². The van der Waals surface area contributed by atoms with Gasteiger partial charge in [0.15, 0.2) is 0 Å². The van der Waals surface area contributed by atoms with Gasteiger partial charge in [-0.3, -0.25) is 0 Å². The van der Waals surface area contributed by atoms with Gasteiger partial charge in [-0.25, -0.2) is 0 Å². The van der Waals surface area contributed by atoms with E-state index in [1.165, 1.54) is 5.56 Å². The average molecular weight is 291 g/mol. The van der Waals surface area contributed by atoms with Gasteiger partial charge in [0.05, 0.1) is 0 Å². The summed E-state index contributed by atoms with van der Waals surface area (Å²) >= 11 is 9.14. The lowest BCUT2D eigenvalue weighted by Crippen LogP contribution is -2.20. The minimum Gasteiger partial charge on any atom is -0.312 e. The average Bonchev–Trinajstić information content (AvgIpc) is 2.18. The Morgan fingerprint density at radius 2 is 2.27 bits per heavy atom. The maximum Gasteiger partial charge on any atom is 0.0226 e. The second-order valence-corrected chi connectivity index (χ2v) is 5.14. The Hall–Kier alpha value is -0.0500. The van der Waals surface area contributed by atoms with Crippen molar-refractivity contribution in [1.29, 1.82) is 0 Å². The Bertz CT molecular complexity index is 291. The minimum absolute atomic E-state index is 0.648. The first-order valence-corrected chi connectivity index (χ1v) is 6.56. The van der Waals surface area contributed by atoms with Gasteiger partial charge in [0.25, 0.3) is 0 Å². The fourth-order valence-corrected chi connectivity index (χ4v) is 2.22. The molecule has 1 aromatic carbocycles. The molecule has 0 aliphatic carbocycles. The summed E-state index contributed by atoms with van der Waals surface area (Å²) in [5.74, 6) is 1.40. The molecule has 84 valence electrons. The van der Waals surface area contributed by atoms with Crippen LogP contribution in [0.5, 0.6) is 0 Å². The van der Waals surface area contributed by atoms with Gasteiger partial charge in [0.1, 0.15) is 0 Å². The van der Waals surface area contributed by atoms with Crippen LogP contribution in [0.4, 0.5) is 0 Å². The monoisotopic (exact) mass is 289 g/mol. The molecule has 1 aromatic rings. The zero-order chi connectivity index (χ0) is 11.1. The molecule has 3 heteroatoms. The summed E-state index contributed by atoms with van der Waals surface area (Å²) in [6.45, 7) is 4.17. The van der Waals surface area contributed by atoms with Crippen LogP contribution in [-0.2, 0) is 6.54 Å². The first kappa shape index (κ1) is 13.0. The lowest BCUT2D eigenvalue weighted by atomic mass is 10.1. The Morgan fingerprint density at radius 3 is 2.93 bits per heavy atom. The number of halogens is 2. The summed E-state index contributed by atoms with van der Waals surface area (Å²) in [6, 6.07) is 8.37. The maximum atomic E-state index is 5.68.